The Morgan fingerprint density at radius 1 is 1.21 bits per heavy atom. The van der Waals surface area contributed by atoms with Crippen LogP contribution in [-0.2, 0) is 0 Å². The molecule has 0 aliphatic carbocycles. The van der Waals surface area contributed by atoms with Crippen LogP contribution in [0.2, 0.25) is 0 Å². The van der Waals surface area contributed by atoms with E-state index >= 15 is 0 Å². The number of halogens is 3. The van der Waals surface area contributed by atoms with Crippen molar-refractivity contribution in [1.82, 2.24) is 14.8 Å². The number of hydrogen-bond acceptors (Lipinski definition) is 6. The lowest BCUT2D eigenvalue weighted by Crippen LogP contribution is -2.19. The van der Waals surface area contributed by atoms with Gasteiger partial charge in [-0.1, -0.05) is 12.1 Å². The lowest BCUT2D eigenvalue weighted by atomic mass is 10.2. The summed E-state index contributed by atoms with van der Waals surface area (Å²) in [4.78, 5) is 16.3. The third-order valence-corrected chi connectivity index (χ3v) is 3.74. The van der Waals surface area contributed by atoms with E-state index in [1.165, 1.54) is 30.1 Å². The highest BCUT2D eigenvalue weighted by atomic mass is 19.4. The molecule has 1 aromatic carbocycles. The molecule has 0 fully saturated rings. The number of para-hydroxylation sites is 2. The molecule has 3 rings (SSSR count). The van der Waals surface area contributed by atoms with Crippen LogP contribution in [0.4, 0.5) is 24.8 Å². The Balaban J connectivity index is 1.73. The van der Waals surface area contributed by atoms with Gasteiger partial charge in [-0.05, 0) is 24.3 Å². The van der Waals surface area contributed by atoms with Gasteiger partial charge in [0.1, 0.15) is 34.4 Å². The zero-order chi connectivity index (χ0) is 21.0. The van der Waals surface area contributed by atoms with Gasteiger partial charge in [-0.3, -0.25) is 4.79 Å². The van der Waals surface area contributed by atoms with E-state index < -0.39 is 18.7 Å². The topological polar surface area (TPSA) is 104 Å². The van der Waals surface area contributed by atoms with Crippen molar-refractivity contribution < 1.29 is 27.4 Å². The number of nitrogens with two attached hydrogens (primary N) is 1. The first-order valence-electron chi connectivity index (χ1n) is 8.22. The number of carbonyl (C=O) groups is 1. The molecule has 29 heavy (non-hydrogen) atoms. The SMILES string of the molecule is COc1ccccc1-n1ncc(C(=O)Nc2ccc(OCC(F)(F)F)cn2)c1N. The van der Waals surface area contributed by atoms with Crippen molar-refractivity contribution in [2.75, 3.05) is 24.8 Å². The van der Waals surface area contributed by atoms with Crippen molar-refractivity contribution in [3.8, 4) is 17.2 Å². The monoisotopic (exact) mass is 407 g/mol. The summed E-state index contributed by atoms with van der Waals surface area (Å²) in [6.07, 6.45) is -2.09. The summed E-state index contributed by atoms with van der Waals surface area (Å²) >= 11 is 0. The first-order chi connectivity index (χ1) is 13.8. The first kappa shape index (κ1) is 20.0. The number of nitrogens with one attached hydrogen (secondary N) is 1. The summed E-state index contributed by atoms with van der Waals surface area (Å²) in [5.41, 5.74) is 6.70. The molecule has 152 valence electrons. The fourth-order valence-electron chi connectivity index (χ4n) is 2.42. The van der Waals surface area contributed by atoms with E-state index in [2.05, 4.69) is 20.1 Å². The predicted octanol–water partition coefficient (Wildman–Crippen LogP) is 3.05. The molecule has 0 aliphatic rings. The quantitative estimate of drug-likeness (QED) is 0.651. The molecular weight excluding hydrogens is 391 g/mol. The molecule has 11 heteroatoms. The molecule has 0 unspecified atom stereocenters. The molecule has 3 N–H and O–H groups in total. The van der Waals surface area contributed by atoms with Gasteiger partial charge >= 0.3 is 6.18 Å². The predicted molar refractivity (Wildman–Crippen MR) is 98.3 cm³/mol. The largest absolute Gasteiger partial charge is 0.494 e. The zero-order valence-electron chi connectivity index (χ0n) is 15.1. The van der Waals surface area contributed by atoms with E-state index in [1.54, 1.807) is 24.3 Å². The number of pyridine rings is 1. The van der Waals surface area contributed by atoms with Gasteiger partial charge in [-0.25, -0.2) is 9.67 Å². The Labute approximate surface area is 163 Å². The average molecular weight is 407 g/mol. The molecule has 3 aromatic rings. The summed E-state index contributed by atoms with van der Waals surface area (Å²) in [7, 11) is 1.50. The van der Waals surface area contributed by atoms with Crippen molar-refractivity contribution >= 4 is 17.5 Å². The molecule has 0 saturated heterocycles. The maximum Gasteiger partial charge on any atom is 0.422 e. The number of anilines is 2. The van der Waals surface area contributed by atoms with Crippen LogP contribution in [0.3, 0.4) is 0 Å². The number of nitrogens with zero attached hydrogens (tertiary/aromatic N) is 3. The van der Waals surface area contributed by atoms with Gasteiger partial charge in [0, 0.05) is 0 Å². The number of aromatic nitrogens is 3. The molecule has 0 aliphatic heterocycles. The molecule has 2 aromatic heterocycles. The van der Waals surface area contributed by atoms with Crippen LogP contribution in [0.1, 0.15) is 10.4 Å². The summed E-state index contributed by atoms with van der Waals surface area (Å²) in [5, 5.41) is 6.62. The van der Waals surface area contributed by atoms with Gasteiger partial charge in [-0.15, -0.1) is 0 Å². The Kier molecular flexibility index (Phi) is 5.57. The number of rotatable bonds is 6. The highest BCUT2D eigenvalue weighted by Gasteiger charge is 2.28. The van der Waals surface area contributed by atoms with Crippen molar-refractivity contribution in [2.45, 2.75) is 6.18 Å². The number of hydrogen-bond donors (Lipinski definition) is 2. The van der Waals surface area contributed by atoms with Gasteiger partial charge in [0.2, 0.25) is 0 Å². The van der Waals surface area contributed by atoms with E-state index in [-0.39, 0.29) is 22.9 Å². The third kappa shape index (κ3) is 4.75. The van der Waals surface area contributed by atoms with Crippen LogP contribution < -0.4 is 20.5 Å². The van der Waals surface area contributed by atoms with Crippen LogP contribution >= 0.6 is 0 Å². The van der Waals surface area contributed by atoms with E-state index in [4.69, 9.17) is 10.5 Å². The summed E-state index contributed by atoms with van der Waals surface area (Å²) < 4.78 is 47.7. The second-order valence-corrected chi connectivity index (χ2v) is 5.76. The Morgan fingerprint density at radius 3 is 2.62 bits per heavy atom. The lowest BCUT2D eigenvalue weighted by Gasteiger charge is -2.10. The van der Waals surface area contributed by atoms with Gasteiger partial charge in [0.15, 0.2) is 6.61 Å². The molecule has 0 spiro atoms. The minimum absolute atomic E-state index is 0.0798. The molecule has 1 amide bonds. The van der Waals surface area contributed by atoms with Crippen LogP contribution in [-0.4, -0.2) is 40.6 Å². The minimum atomic E-state index is -4.45. The number of carbonyl (C=O) groups excluding carboxylic acids is 1. The molecule has 0 radical (unpaired) electrons. The Hall–Kier alpha value is -3.76. The average Bonchev–Trinajstić information content (AvgIpc) is 3.08. The highest BCUT2D eigenvalue weighted by Crippen LogP contribution is 2.26. The molecule has 0 atom stereocenters. The van der Waals surface area contributed by atoms with Gasteiger partial charge in [-0.2, -0.15) is 18.3 Å². The van der Waals surface area contributed by atoms with E-state index in [1.807, 2.05) is 0 Å². The van der Waals surface area contributed by atoms with Crippen molar-refractivity contribution in [1.29, 1.82) is 0 Å². The second kappa shape index (κ2) is 8.09. The maximum atomic E-state index is 12.5. The van der Waals surface area contributed by atoms with E-state index in [0.717, 1.165) is 6.20 Å². The molecular formula is C18H16F3N5O3. The molecule has 2 heterocycles. The van der Waals surface area contributed by atoms with Gasteiger partial charge < -0.3 is 20.5 Å². The van der Waals surface area contributed by atoms with Crippen molar-refractivity contribution in [3.05, 3.63) is 54.4 Å². The second-order valence-electron chi connectivity index (χ2n) is 5.76. The van der Waals surface area contributed by atoms with E-state index in [0.29, 0.717) is 11.4 Å². The summed E-state index contributed by atoms with van der Waals surface area (Å²) in [5.74, 6) is 0.0465. The normalized spacial score (nSPS) is 11.2. The standard InChI is InChI=1S/C18H16F3N5O3/c1-28-14-5-3-2-4-13(14)26-16(22)12(9-24-26)17(27)25-15-7-6-11(8-23-15)29-10-18(19,20)21/h2-9H,10,22H2,1H3,(H,23,25,27). The fourth-order valence-corrected chi connectivity index (χ4v) is 2.42. The fraction of sp³-hybridized carbons (Fsp3) is 0.167. The summed E-state index contributed by atoms with van der Waals surface area (Å²) in [6.45, 7) is -1.43. The number of nitrogen functional groups attached to an aromatic ring is 1. The van der Waals surface area contributed by atoms with Gasteiger partial charge in [0.25, 0.3) is 5.91 Å². The maximum absolute atomic E-state index is 12.5. The van der Waals surface area contributed by atoms with Crippen LogP contribution in [0.25, 0.3) is 5.69 Å². The molecule has 0 saturated carbocycles. The number of amides is 1. The highest BCUT2D eigenvalue weighted by molar-refractivity contribution is 6.06. The Bertz CT molecular complexity index is 1000. The van der Waals surface area contributed by atoms with Crippen LogP contribution in [0.5, 0.6) is 11.5 Å². The third-order valence-electron chi connectivity index (χ3n) is 3.74. The zero-order valence-corrected chi connectivity index (χ0v) is 15.1. The van der Waals surface area contributed by atoms with Crippen LogP contribution in [0, 0.1) is 0 Å². The van der Waals surface area contributed by atoms with Gasteiger partial charge in [0.05, 0.1) is 19.5 Å². The molecule has 0 bridgehead atoms. The number of benzene rings is 1. The van der Waals surface area contributed by atoms with Crippen LogP contribution in [0.15, 0.2) is 48.8 Å². The first-order valence-corrected chi connectivity index (χ1v) is 8.22. The number of methoxy groups -OCH3 is 1. The number of ether oxygens (including phenoxy) is 2. The minimum Gasteiger partial charge on any atom is -0.494 e. The Morgan fingerprint density at radius 2 is 1.97 bits per heavy atom. The van der Waals surface area contributed by atoms with E-state index in [9.17, 15) is 18.0 Å². The molecule has 8 nitrogen and oxygen atoms in total. The van der Waals surface area contributed by atoms with Crippen molar-refractivity contribution in [3.63, 3.8) is 0 Å². The van der Waals surface area contributed by atoms with Crippen molar-refractivity contribution in [2.24, 2.45) is 0 Å². The smallest absolute Gasteiger partial charge is 0.422 e. The number of alkyl halides is 3. The summed E-state index contributed by atoms with van der Waals surface area (Å²) in [6, 6.07) is 9.57. The lowest BCUT2D eigenvalue weighted by molar-refractivity contribution is -0.153.